The van der Waals surface area contributed by atoms with Crippen molar-refractivity contribution in [2.45, 2.75) is 26.3 Å². The highest BCUT2D eigenvalue weighted by Gasteiger charge is 2.17. The zero-order valence-corrected chi connectivity index (χ0v) is 12.0. The Morgan fingerprint density at radius 2 is 1.90 bits per heavy atom. The van der Waals surface area contributed by atoms with E-state index in [9.17, 15) is 19.2 Å². The fourth-order valence-corrected chi connectivity index (χ4v) is 1.69. The Morgan fingerprint density at radius 1 is 1.25 bits per heavy atom. The SMILES string of the molecule is CCC(=O)NNC(=O)/C=C/SCC(NC(C)=O)C(=O)O. The summed E-state index contributed by atoms with van der Waals surface area (Å²) in [6, 6.07) is -1.02. The van der Waals surface area contributed by atoms with Gasteiger partial charge in [0, 0.05) is 25.2 Å². The lowest BCUT2D eigenvalue weighted by molar-refractivity contribution is -0.140. The van der Waals surface area contributed by atoms with Crippen molar-refractivity contribution in [1.29, 1.82) is 0 Å². The molecule has 8 nitrogen and oxygen atoms in total. The molecule has 0 aliphatic heterocycles. The maximum Gasteiger partial charge on any atom is 0.327 e. The average molecular weight is 303 g/mol. The summed E-state index contributed by atoms with van der Waals surface area (Å²) in [4.78, 5) is 43.6. The van der Waals surface area contributed by atoms with Gasteiger partial charge in [-0.25, -0.2) is 4.79 Å². The fourth-order valence-electron chi connectivity index (χ4n) is 0.943. The third kappa shape index (κ3) is 8.97. The molecule has 0 saturated carbocycles. The van der Waals surface area contributed by atoms with E-state index < -0.39 is 23.8 Å². The van der Waals surface area contributed by atoms with Crippen molar-refractivity contribution in [3.8, 4) is 0 Å². The highest BCUT2D eigenvalue weighted by Crippen LogP contribution is 2.05. The van der Waals surface area contributed by atoms with Gasteiger partial charge in [-0.05, 0) is 5.41 Å². The van der Waals surface area contributed by atoms with Crippen molar-refractivity contribution in [3.05, 3.63) is 11.5 Å². The lowest BCUT2D eigenvalue weighted by Gasteiger charge is -2.10. The molecule has 0 aromatic rings. The van der Waals surface area contributed by atoms with Crippen molar-refractivity contribution < 1.29 is 24.3 Å². The molecule has 4 N–H and O–H groups in total. The summed E-state index contributed by atoms with van der Waals surface area (Å²) < 4.78 is 0. The molecule has 0 aliphatic carbocycles. The van der Waals surface area contributed by atoms with Crippen LogP contribution in [-0.2, 0) is 19.2 Å². The molecule has 0 rings (SSSR count). The van der Waals surface area contributed by atoms with E-state index in [1.165, 1.54) is 12.3 Å². The molecule has 0 aromatic heterocycles. The second-order valence-electron chi connectivity index (χ2n) is 3.62. The van der Waals surface area contributed by atoms with Gasteiger partial charge in [0.1, 0.15) is 6.04 Å². The lowest BCUT2D eigenvalue weighted by Crippen LogP contribution is -2.41. The van der Waals surface area contributed by atoms with Crippen LogP contribution in [0.2, 0.25) is 0 Å². The molecule has 0 spiro atoms. The van der Waals surface area contributed by atoms with E-state index in [1.807, 2.05) is 0 Å². The summed E-state index contributed by atoms with van der Waals surface area (Å²) in [5.74, 6) is -2.37. The Balaban J connectivity index is 4.04. The van der Waals surface area contributed by atoms with Crippen molar-refractivity contribution in [3.63, 3.8) is 0 Å². The van der Waals surface area contributed by atoms with Gasteiger partial charge < -0.3 is 10.4 Å². The van der Waals surface area contributed by atoms with Crippen molar-refractivity contribution >= 4 is 35.5 Å². The summed E-state index contributed by atoms with van der Waals surface area (Å²) in [5.41, 5.74) is 4.33. The van der Waals surface area contributed by atoms with E-state index in [0.29, 0.717) is 0 Å². The minimum absolute atomic E-state index is 0.0833. The van der Waals surface area contributed by atoms with Gasteiger partial charge in [-0.15, -0.1) is 11.8 Å². The smallest absolute Gasteiger partial charge is 0.327 e. The van der Waals surface area contributed by atoms with E-state index in [4.69, 9.17) is 5.11 Å². The minimum atomic E-state index is -1.15. The average Bonchev–Trinajstić information content (AvgIpc) is 2.38. The number of carbonyl (C=O) groups excluding carboxylic acids is 3. The molecule has 0 bridgehead atoms. The summed E-state index contributed by atoms with van der Waals surface area (Å²) in [6.07, 6.45) is 1.39. The van der Waals surface area contributed by atoms with Gasteiger partial charge in [-0.1, -0.05) is 6.92 Å². The maximum atomic E-state index is 11.2. The molecule has 9 heteroatoms. The topological polar surface area (TPSA) is 125 Å². The third-order valence-electron chi connectivity index (χ3n) is 1.90. The first-order valence-corrected chi connectivity index (χ1v) is 6.78. The van der Waals surface area contributed by atoms with E-state index in [2.05, 4.69) is 16.2 Å². The van der Waals surface area contributed by atoms with Crippen LogP contribution in [0.5, 0.6) is 0 Å². The number of carboxylic acid groups (broad SMARTS) is 1. The number of carbonyl (C=O) groups is 4. The van der Waals surface area contributed by atoms with Crippen LogP contribution in [-0.4, -0.2) is 40.6 Å². The Morgan fingerprint density at radius 3 is 2.40 bits per heavy atom. The van der Waals surface area contributed by atoms with Crippen LogP contribution >= 0.6 is 11.8 Å². The van der Waals surface area contributed by atoms with Crippen LogP contribution in [0.25, 0.3) is 0 Å². The first-order valence-electron chi connectivity index (χ1n) is 5.73. The van der Waals surface area contributed by atoms with Crippen LogP contribution in [0.3, 0.4) is 0 Å². The monoisotopic (exact) mass is 303 g/mol. The summed E-state index contributed by atoms with van der Waals surface area (Å²) in [6.45, 7) is 2.86. The van der Waals surface area contributed by atoms with Gasteiger partial charge >= 0.3 is 5.97 Å². The predicted octanol–water partition coefficient (Wildman–Crippen LogP) is -0.620. The fraction of sp³-hybridized carbons (Fsp3) is 0.455. The highest BCUT2D eigenvalue weighted by atomic mass is 32.2. The number of hydrogen-bond donors (Lipinski definition) is 4. The standard InChI is InChI=1S/C11H17N3O5S/c1-3-9(16)13-14-10(17)4-5-20-6-8(11(18)19)12-7(2)15/h4-5,8H,3,6H2,1-2H3,(H,12,15)(H,13,16)(H,14,17)(H,18,19)/b5-4+. The normalized spacial score (nSPS) is 11.7. The molecular formula is C11H17N3O5S. The second kappa shape index (κ2) is 9.84. The first-order chi connectivity index (χ1) is 9.36. The molecule has 0 aliphatic rings. The number of carboxylic acids is 1. The molecule has 1 atom stereocenters. The van der Waals surface area contributed by atoms with Gasteiger partial charge in [-0.3, -0.25) is 25.2 Å². The predicted molar refractivity (Wildman–Crippen MR) is 73.4 cm³/mol. The van der Waals surface area contributed by atoms with Gasteiger partial charge in [0.15, 0.2) is 0 Å². The number of hydrogen-bond acceptors (Lipinski definition) is 5. The Labute approximate surface area is 120 Å². The molecule has 112 valence electrons. The zero-order valence-electron chi connectivity index (χ0n) is 11.1. The van der Waals surface area contributed by atoms with Gasteiger partial charge in [0.25, 0.3) is 5.91 Å². The summed E-state index contributed by atoms with van der Waals surface area (Å²) in [5, 5.41) is 12.5. The Hall–Kier alpha value is -2.03. The number of hydrazine groups is 1. The number of nitrogens with one attached hydrogen (secondary N) is 3. The maximum absolute atomic E-state index is 11.2. The first kappa shape index (κ1) is 18.0. The van der Waals surface area contributed by atoms with Crippen LogP contribution in [0.15, 0.2) is 11.5 Å². The van der Waals surface area contributed by atoms with E-state index in [1.54, 1.807) is 6.92 Å². The molecular weight excluding hydrogens is 286 g/mol. The Bertz CT molecular complexity index is 411. The number of thioether (sulfide) groups is 1. The molecule has 20 heavy (non-hydrogen) atoms. The molecule has 0 fully saturated rings. The molecule has 0 heterocycles. The highest BCUT2D eigenvalue weighted by molar-refractivity contribution is 8.02. The van der Waals surface area contributed by atoms with Gasteiger partial charge in [-0.2, -0.15) is 0 Å². The molecule has 0 radical (unpaired) electrons. The summed E-state index contributed by atoms with van der Waals surface area (Å²) in [7, 11) is 0. The lowest BCUT2D eigenvalue weighted by atomic mass is 10.3. The second-order valence-corrected chi connectivity index (χ2v) is 4.56. The van der Waals surface area contributed by atoms with Crippen LogP contribution in [0.4, 0.5) is 0 Å². The van der Waals surface area contributed by atoms with Gasteiger partial charge in [0.2, 0.25) is 11.8 Å². The quantitative estimate of drug-likeness (QED) is 0.367. The van der Waals surface area contributed by atoms with Crippen LogP contribution < -0.4 is 16.2 Å². The number of aliphatic carboxylic acids is 1. The largest absolute Gasteiger partial charge is 0.480 e. The van der Waals surface area contributed by atoms with E-state index >= 15 is 0 Å². The Kier molecular flexibility index (Phi) is 8.84. The third-order valence-corrected chi connectivity index (χ3v) is 2.75. The van der Waals surface area contributed by atoms with Gasteiger partial charge in [0.05, 0.1) is 0 Å². The molecule has 1 unspecified atom stereocenters. The van der Waals surface area contributed by atoms with Crippen LogP contribution in [0.1, 0.15) is 20.3 Å². The van der Waals surface area contributed by atoms with Crippen molar-refractivity contribution in [2.24, 2.45) is 0 Å². The molecule has 0 aromatic carbocycles. The zero-order chi connectivity index (χ0) is 15.5. The molecule has 0 saturated heterocycles. The van der Waals surface area contributed by atoms with E-state index in [0.717, 1.165) is 17.8 Å². The number of amides is 3. The van der Waals surface area contributed by atoms with Crippen molar-refractivity contribution in [1.82, 2.24) is 16.2 Å². The molecule has 3 amide bonds. The van der Waals surface area contributed by atoms with Crippen LogP contribution in [0, 0.1) is 0 Å². The van der Waals surface area contributed by atoms with Crippen molar-refractivity contribution in [2.75, 3.05) is 5.75 Å². The minimum Gasteiger partial charge on any atom is -0.480 e. The van der Waals surface area contributed by atoms with E-state index in [-0.39, 0.29) is 18.1 Å². The summed E-state index contributed by atoms with van der Waals surface area (Å²) >= 11 is 1.05. The number of rotatable bonds is 7.